The van der Waals surface area contributed by atoms with Crippen molar-refractivity contribution in [3.63, 3.8) is 0 Å². The number of nitriles is 1. The molecule has 0 fully saturated rings. The molecule has 1 aromatic rings. The van der Waals surface area contributed by atoms with Gasteiger partial charge in [-0.15, -0.1) is 0 Å². The zero-order chi connectivity index (χ0) is 12.0. The Hall–Kier alpha value is -1.80. The van der Waals surface area contributed by atoms with Crippen molar-refractivity contribution in [1.29, 1.82) is 5.26 Å². The van der Waals surface area contributed by atoms with Crippen molar-refractivity contribution in [3.05, 3.63) is 22.6 Å². The minimum absolute atomic E-state index is 0.00801. The maximum absolute atomic E-state index is 11.3. The summed E-state index contributed by atoms with van der Waals surface area (Å²) in [6, 6.07) is 5.37. The maximum Gasteiger partial charge on any atom is 0.348 e. The van der Waals surface area contributed by atoms with Gasteiger partial charge in [0.2, 0.25) is 0 Å². The smallest absolute Gasteiger partial charge is 0.348 e. The Morgan fingerprint density at radius 1 is 1.62 bits per heavy atom. The van der Waals surface area contributed by atoms with Gasteiger partial charge in [-0.05, 0) is 25.1 Å². The van der Waals surface area contributed by atoms with E-state index in [4.69, 9.17) is 14.7 Å². The summed E-state index contributed by atoms with van der Waals surface area (Å²) >= 11 is 1.35. The van der Waals surface area contributed by atoms with Crippen LogP contribution >= 0.6 is 11.3 Å². The minimum Gasteiger partial charge on any atom is -0.487 e. The number of hydrogen-bond acceptors (Lipinski definition) is 5. The van der Waals surface area contributed by atoms with E-state index >= 15 is 0 Å². The third kappa shape index (κ3) is 3.11. The van der Waals surface area contributed by atoms with E-state index in [2.05, 4.69) is 0 Å². The molecular weight excluding hydrogens is 226 g/mol. The predicted molar refractivity (Wildman–Crippen MR) is 61.1 cm³/mol. The lowest BCUT2D eigenvalue weighted by Crippen LogP contribution is -2.05. The molecule has 1 aromatic heterocycles. The zero-order valence-corrected chi connectivity index (χ0v) is 9.84. The lowest BCUT2D eigenvalue weighted by Gasteiger charge is -1.98. The Labute approximate surface area is 97.7 Å². The van der Waals surface area contributed by atoms with Crippen LogP contribution in [0.1, 0.15) is 11.8 Å². The second-order valence-electron chi connectivity index (χ2n) is 2.75. The van der Waals surface area contributed by atoms with Gasteiger partial charge in [0.1, 0.15) is 11.6 Å². The van der Waals surface area contributed by atoms with Crippen molar-refractivity contribution < 1.29 is 14.3 Å². The Morgan fingerprint density at radius 3 is 2.88 bits per heavy atom. The molecule has 0 bridgehead atoms. The molecule has 5 heteroatoms. The van der Waals surface area contributed by atoms with E-state index in [-0.39, 0.29) is 12.2 Å². The summed E-state index contributed by atoms with van der Waals surface area (Å²) in [5.74, 6) is -0.600. The molecule has 0 aliphatic carbocycles. The quantitative estimate of drug-likeness (QED) is 0.457. The van der Waals surface area contributed by atoms with Gasteiger partial charge in [0.15, 0.2) is 5.06 Å². The molecule has 0 aliphatic rings. The van der Waals surface area contributed by atoms with Gasteiger partial charge in [-0.2, -0.15) is 5.26 Å². The zero-order valence-electron chi connectivity index (χ0n) is 9.02. The van der Waals surface area contributed by atoms with Crippen LogP contribution in [0, 0.1) is 11.3 Å². The average molecular weight is 237 g/mol. The van der Waals surface area contributed by atoms with Gasteiger partial charge in [0.05, 0.1) is 13.7 Å². The first kappa shape index (κ1) is 12.3. The van der Waals surface area contributed by atoms with Gasteiger partial charge in [0.25, 0.3) is 0 Å². The topological polar surface area (TPSA) is 59.3 Å². The maximum atomic E-state index is 11.3. The molecule has 1 rings (SSSR count). The molecule has 0 amide bonds. The Balaban J connectivity index is 2.88. The molecule has 0 unspecified atom stereocenters. The number of carbonyl (C=O) groups is 1. The molecule has 0 saturated carbocycles. The largest absolute Gasteiger partial charge is 0.487 e. The normalized spacial score (nSPS) is 10.7. The molecular formula is C11H11NO3S. The summed E-state index contributed by atoms with van der Waals surface area (Å²) in [5, 5.41) is 9.53. The molecule has 0 spiro atoms. The molecule has 1 heterocycles. The van der Waals surface area contributed by atoms with Crippen LogP contribution in [0.15, 0.2) is 17.7 Å². The highest BCUT2D eigenvalue weighted by Gasteiger charge is 2.10. The van der Waals surface area contributed by atoms with E-state index in [0.29, 0.717) is 0 Å². The van der Waals surface area contributed by atoms with Crippen LogP contribution in [0.2, 0.25) is 0 Å². The van der Waals surface area contributed by atoms with Crippen molar-refractivity contribution >= 4 is 23.4 Å². The van der Waals surface area contributed by atoms with Crippen LogP contribution in [0.3, 0.4) is 0 Å². The number of esters is 1. The lowest BCUT2D eigenvalue weighted by atomic mass is 10.2. The van der Waals surface area contributed by atoms with Crippen LogP contribution in [0.4, 0.5) is 0 Å². The van der Waals surface area contributed by atoms with Gasteiger partial charge in [-0.3, -0.25) is 0 Å². The van der Waals surface area contributed by atoms with E-state index in [0.717, 1.165) is 9.94 Å². The Morgan fingerprint density at radius 2 is 2.38 bits per heavy atom. The predicted octanol–water partition coefficient (Wildman–Crippen LogP) is 2.23. The highest BCUT2D eigenvalue weighted by molar-refractivity contribution is 7.14. The first-order valence-electron chi connectivity index (χ1n) is 4.64. The number of hydrogen-bond donors (Lipinski definition) is 0. The van der Waals surface area contributed by atoms with Crippen LogP contribution in [0.5, 0.6) is 5.06 Å². The van der Waals surface area contributed by atoms with Crippen molar-refractivity contribution in [2.75, 3.05) is 13.7 Å². The average Bonchev–Trinajstić information content (AvgIpc) is 2.73. The fourth-order valence-electron chi connectivity index (χ4n) is 1.01. The highest BCUT2D eigenvalue weighted by Crippen LogP contribution is 2.25. The molecule has 84 valence electrons. The van der Waals surface area contributed by atoms with Crippen molar-refractivity contribution in [3.8, 4) is 11.1 Å². The second-order valence-corrected chi connectivity index (χ2v) is 3.83. The van der Waals surface area contributed by atoms with E-state index in [1.807, 2.05) is 6.07 Å². The molecule has 0 aromatic carbocycles. The fourth-order valence-corrected chi connectivity index (χ4v) is 1.77. The number of rotatable bonds is 4. The van der Waals surface area contributed by atoms with Gasteiger partial charge in [0, 0.05) is 4.88 Å². The van der Waals surface area contributed by atoms with Crippen LogP contribution < -0.4 is 4.74 Å². The highest BCUT2D eigenvalue weighted by atomic mass is 32.1. The lowest BCUT2D eigenvalue weighted by molar-refractivity contribution is -0.137. The molecule has 0 atom stereocenters. The van der Waals surface area contributed by atoms with E-state index < -0.39 is 5.97 Å². The number of methoxy groups -OCH3 is 1. The fraction of sp³-hybridized carbons (Fsp3) is 0.273. The third-order valence-corrected chi connectivity index (χ3v) is 2.70. The van der Waals surface area contributed by atoms with E-state index in [1.165, 1.54) is 17.4 Å². The second kappa shape index (κ2) is 5.93. The van der Waals surface area contributed by atoms with Crippen LogP contribution in [-0.4, -0.2) is 19.7 Å². The number of carbonyl (C=O) groups excluding carboxylic acids is 1. The molecule has 0 saturated heterocycles. The Kier molecular flexibility index (Phi) is 4.55. The third-order valence-electron chi connectivity index (χ3n) is 1.71. The van der Waals surface area contributed by atoms with Crippen LogP contribution in [-0.2, 0) is 9.53 Å². The SMILES string of the molecule is CCOC(=O)/C(C#N)=C/c1ccc(OC)s1. The summed E-state index contributed by atoms with van der Waals surface area (Å²) in [5.41, 5.74) is -0.00801. The summed E-state index contributed by atoms with van der Waals surface area (Å²) < 4.78 is 9.75. The first-order valence-corrected chi connectivity index (χ1v) is 5.45. The van der Waals surface area contributed by atoms with Gasteiger partial charge in [-0.25, -0.2) is 4.79 Å². The summed E-state index contributed by atoms with van der Waals surface area (Å²) in [6.45, 7) is 1.95. The molecule has 16 heavy (non-hydrogen) atoms. The minimum atomic E-state index is -0.600. The van der Waals surface area contributed by atoms with Gasteiger partial charge >= 0.3 is 5.97 Å². The Bertz CT molecular complexity index is 442. The summed E-state index contributed by atoms with van der Waals surface area (Å²) in [6.07, 6.45) is 1.49. The summed E-state index contributed by atoms with van der Waals surface area (Å²) in [7, 11) is 1.57. The standard InChI is InChI=1S/C11H11NO3S/c1-3-15-11(13)8(7-12)6-9-4-5-10(14-2)16-9/h4-6H,3H2,1-2H3/b8-6+. The van der Waals surface area contributed by atoms with Crippen molar-refractivity contribution in [2.45, 2.75) is 6.92 Å². The monoisotopic (exact) mass is 237 g/mol. The van der Waals surface area contributed by atoms with E-state index in [9.17, 15) is 4.79 Å². The first-order chi connectivity index (χ1) is 7.71. The van der Waals surface area contributed by atoms with Crippen molar-refractivity contribution in [1.82, 2.24) is 0 Å². The van der Waals surface area contributed by atoms with Gasteiger partial charge < -0.3 is 9.47 Å². The molecule has 0 radical (unpaired) electrons. The summed E-state index contributed by atoms with van der Waals surface area (Å²) in [4.78, 5) is 12.1. The van der Waals surface area contributed by atoms with Gasteiger partial charge in [-0.1, -0.05) is 11.3 Å². The van der Waals surface area contributed by atoms with E-state index in [1.54, 1.807) is 26.2 Å². The molecule has 4 nitrogen and oxygen atoms in total. The number of nitrogens with zero attached hydrogens (tertiary/aromatic N) is 1. The van der Waals surface area contributed by atoms with Crippen molar-refractivity contribution in [2.24, 2.45) is 0 Å². The molecule has 0 N–H and O–H groups in total. The number of thiophene rings is 1. The van der Waals surface area contributed by atoms with Crippen LogP contribution in [0.25, 0.3) is 6.08 Å². The number of ether oxygens (including phenoxy) is 2. The molecule has 0 aliphatic heterocycles.